The minimum absolute atomic E-state index is 0.0352. The smallest absolute Gasteiger partial charge is 0.331 e. The van der Waals surface area contributed by atoms with Crippen LogP contribution in [0.4, 0.5) is 0 Å². The van der Waals surface area contributed by atoms with Crippen molar-refractivity contribution in [3.63, 3.8) is 0 Å². The standard InChI is InChI=1S/C24H52O7Si/c1-12-24(16-26-13-21(6)29-19(2)3,17-27-14-22(7)30-20(4)5)18-28-15-23(8)31-32(10,11)25-9/h19-23H,12-18H2,1-11H3. The van der Waals surface area contributed by atoms with Crippen molar-refractivity contribution in [1.29, 1.82) is 0 Å². The lowest BCUT2D eigenvalue weighted by Crippen LogP contribution is -2.41. The molecule has 32 heavy (non-hydrogen) atoms. The SMILES string of the molecule is CCC(COCC(C)OC(C)C)(COCC(C)OC(C)C)COCC(C)O[Si](C)(C)OC. The Hall–Kier alpha value is -0.0631. The van der Waals surface area contributed by atoms with Crippen LogP contribution in [-0.2, 0) is 32.5 Å². The summed E-state index contributed by atoms with van der Waals surface area (Å²) < 4.78 is 41.3. The third kappa shape index (κ3) is 15.7. The molecule has 0 saturated carbocycles. The van der Waals surface area contributed by atoms with Gasteiger partial charge in [0, 0.05) is 12.5 Å². The van der Waals surface area contributed by atoms with Gasteiger partial charge >= 0.3 is 8.56 Å². The summed E-state index contributed by atoms with van der Waals surface area (Å²) in [5, 5.41) is 0. The maximum Gasteiger partial charge on any atom is 0.331 e. The molecule has 0 aromatic carbocycles. The molecular weight excluding hydrogens is 428 g/mol. The van der Waals surface area contributed by atoms with Gasteiger partial charge in [-0.1, -0.05) is 6.92 Å². The second kappa shape index (κ2) is 16.5. The molecule has 0 rings (SSSR count). The van der Waals surface area contributed by atoms with Crippen molar-refractivity contribution >= 4 is 8.56 Å². The summed E-state index contributed by atoms with van der Waals surface area (Å²) in [5.41, 5.74) is -0.247. The molecule has 0 aliphatic heterocycles. The second-order valence-electron chi connectivity index (χ2n) is 9.92. The first-order valence-corrected chi connectivity index (χ1v) is 14.9. The molecule has 0 radical (unpaired) electrons. The summed E-state index contributed by atoms with van der Waals surface area (Å²) in [7, 11) is -0.397. The first-order valence-electron chi connectivity index (χ1n) is 12.1. The highest BCUT2D eigenvalue weighted by Gasteiger charge is 2.31. The Balaban J connectivity index is 4.85. The highest BCUT2D eigenvalue weighted by molar-refractivity contribution is 6.64. The van der Waals surface area contributed by atoms with Crippen molar-refractivity contribution in [1.82, 2.24) is 0 Å². The molecule has 0 aliphatic carbocycles. The minimum Gasteiger partial charge on any atom is -0.398 e. The van der Waals surface area contributed by atoms with Crippen LogP contribution in [0.5, 0.6) is 0 Å². The monoisotopic (exact) mass is 480 g/mol. The van der Waals surface area contributed by atoms with E-state index in [0.29, 0.717) is 39.6 Å². The summed E-state index contributed by atoms with van der Waals surface area (Å²) in [6, 6.07) is 0. The predicted octanol–water partition coefficient (Wildman–Crippen LogP) is 4.81. The van der Waals surface area contributed by atoms with Gasteiger partial charge in [-0.15, -0.1) is 0 Å². The molecule has 3 unspecified atom stereocenters. The summed E-state index contributed by atoms with van der Waals surface area (Å²) in [6.07, 6.45) is 1.28. The third-order valence-electron chi connectivity index (χ3n) is 5.02. The van der Waals surface area contributed by atoms with Crippen molar-refractivity contribution < 1.29 is 32.5 Å². The number of hydrogen-bond donors (Lipinski definition) is 0. The van der Waals surface area contributed by atoms with E-state index in [4.69, 9.17) is 32.5 Å². The summed E-state index contributed by atoms with van der Waals surface area (Å²) in [6.45, 7) is 23.6. The van der Waals surface area contributed by atoms with E-state index in [9.17, 15) is 0 Å². The molecule has 7 nitrogen and oxygen atoms in total. The van der Waals surface area contributed by atoms with E-state index in [-0.39, 0.29) is 35.9 Å². The summed E-state index contributed by atoms with van der Waals surface area (Å²) >= 11 is 0. The van der Waals surface area contributed by atoms with Gasteiger partial charge in [0.25, 0.3) is 0 Å². The largest absolute Gasteiger partial charge is 0.398 e. The van der Waals surface area contributed by atoms with E-state index in [1.54, 1.807) is 7.11 Å². The first-order chi connectivity index (χ1) is 14.8. The fourth-order valence-electron chi connectivity index (χ4n) is 3.33. The van der Waals surface area contributed by atoms with Gasteiger partial charge in [-0.25, -0.2) is 0 Å². The molecule has 0 N–H and O–H groups in total. The van der Waals surface area contributed by atoms with Crippen LogP contribution in [0.2, 0.25) is 13.1 Å². The predicted molar refractivity (Wildman–Crippen MR) is 132 cm³/mol. The summed E-state index contributed by atoms with van der Waals surface area (Å²) in [5.74, 6) is 0. The summed E-state index contributed by atoms with van der Waals surface area (Å²) in [4.78, 5) is 0. The van der Waals surface area contributed by atoms with Gasteiger partial charge in [-0.3, -0.25) is 0 Å². The number of hydrogen-bond acceptors (Lipinski definition) is 7. The maximum atomic E-state index is 6.11. The van der Waals surface area contributed by atoms with Crippen LogP contribution in [-0.4, -0.2) is 85.8 Å². The van der Waals surface area contributed by atoms with Gasteiger partial charge in [-0.05, 0) is 68.0 Å². The molecule has 0 aliphatic rings. The van der Waals surface area contributed by atoms with Gasteiger partial charge in [-0.2, -0.15) is 0 Å². The average Bonchev–Trinajstić information content (AvgIpc) is 2.66. The second-order valence-corrected chi connectivity index (χ2v) is 13.4. The van der Waals surface area contributed by atoms with E-state index in [1.165, 1.54) is 0 Å². The Bertz CT molecular complexity index is 438. The van der Waals surface area contributed by atoms with E-state index >= 15 is 0 Å². The quantitative estimate of drug-likeness (QED) is 0.232. The lowest BCUT2D eigenvalue weighted by molar-refractivity contribution is -0.112. The van der Waals surface area contributed by atoms with E-state index < -0.39 is 8.56 Å². The Morgan fingerprint density at radius 1 is 0.656 bits per heavy atom. The maximum absolute atomic E-state index is 6.11. The molecule has 8 heteroatoms. The van der Waals surface area contributed by atoms with Crippen LogP contribution in [0.15, 0.2) is 0 Å². The molecule has 0 saturated heterocycles. The van der Waals surface area contributed by atoms with Crippen molar-refractivity contribution in [2.24, 2.45) is 5.41 Å². The molecule has 0 spiro atoms. The molecule has 194 valence electrons. The third-order valence-corrected chi connectivity index (χ3v) is 6.97. The number of ether oxygens (including phenoxy) is 5. The van der Waals surface area contributed by atoms with Crippen LogP contribution < -0.4 is 0 Å². The van der Waals surface area contributed by atoms with E-state index in [2.05, 4.69) is 6.92 Å². The van der Waals surface area contributed by atoms with E-state index in [1.807, 2.05) is 61.6 Å². The van der Waals surface area contributed by atoms with Gasteiger partial charge < -0.3 is 32.5 Å². The van der Waals surface area contributed by atoms with Gasteiger partial charge in [0.15, 0.2) is 0 Å². The van der Waals surface area contributed by atoms with Crippen molar-refractivity contribution in [3.8, 4) is 0 Å². The van der Waals surface area contributed by atoms with Gasteiger partial charge in [0.05, 0.1) is 70.2 Å². The van der Waals surface area contributed by atoms with Crippen LogP contribution >= 0.6 is 0 Å². The van der Waals surface area contributed by atoms with Crippen LogP contribution in [0, 0.1) is 5.41 Å². The Labute approximate surface area is 199 Å². The van der Waals surface area contributed by atoms with Crippen LogP contribution in [0.25, 0.3) is 0 Å². The molecule has 3 atom stereocenters. The molecule has 0 fully saturated rings. The minimum atomic E-state index is -2.10. The van der Waals surface area contributed by atoms with Gasteiger partial charge in [0.1, 0.15) is 0 Å². The first kappa shape index (κ1) is 31.9. The fourth-order valence-corrected chi connectivity index (χ4v) is 4.46. The molecular formula is C24H52O7Si. The van der Waals surface area contributed by atoms with Crippen molar-refractivity contribution in [2.75, 3.05) is 46.8 Å². The number of rotatable bonds is 20. The highest BCUT2D eigenvalue weighted by Crippen LogP contribution is 2.25. The lowest BCUT2D eigenvalue weighted by atomic mass is 9.88. The Kier molecular flexibility index (Phi) is 16.5. The zero-order valence-electron chi connectivity index (χ0n) is 22.7. The molecule has 0 heterocycles. The average molecular weight is 481 g/mol. The normalized spacial score (nSPS) is 17.5. The van der Waals surface area contributed by atoms with Crippen molar-refractivity contribution in [2.45, 2.75) is 105 Å². The molecule has 0 amide bonds. The zero-order valence-corrected chi connectivity index (χ0v) is 23.7. The Morgan fingerprint density at radius 3 is 1.34 bits per heavy atom. The lowest BCUT2D eigenvalue weighted by Gasteiger charge is -2.34. The van der Waals surface area contributed by atoms with Gasteiger partial charge in [0.2, 0.25) is 0 Å². The highest BCUT2D eigenvalue weighted by atomic mass is 28.4. The molecule has 0 aromatic rings. The molecule has 0 aromatic heterocycles. The van der Waals surface area contributed by atoms with Crippen LogP contribution in [0.3, 0.4) is 0 Å². The zero-order chi connectivity index (χ0) is 24.8. The van der Waals surface area contributed by atoms with Crippen molar-refractivity contribution in [3.05, 3.63) is 0 Å². The Morgan fingerprint density at radius 2 is 1.03 bits per heavy atom. The fraction of sp³-hybridized carbons (Fsp3) is 1.00. The molecule has 0 bridgehead atoms. The van der Waals surface area contributed by atoms with E-state index in [0.717, 1.165) is 6.42 Å². The topological polar surface area (TPSA) is 64.6 Å². The van der Waals surface area contributed by atoms with Crippen LogP contribution in [0.1, 0.15) is 61.8 Å².